The van der Waals surface area contributed by atoms with Crippen molar-refractivity contribution in [3.8, 4) is 0 Å². The van der Waals surface area contributed by atoms with Gasteiger partial charge in [0.2, 0.25) is 24.2 Å². The molecule has 0 amide bonds. The minimum atomic E-state index is -3.52. The van der Waals surface area contributed by atoms with E-state index >= 15 is 0 Å². The van der Waals surface area contributed by atoms with Crippen LogP contribution in [0.4, 0.5) is 5.69 Å². The molecule has 0 atom stereocenters. The van der Waals surface area contributed by atoms with Crippen LogP contribution >= 0.6 is 11.3 Å². The summed E-state index contributed by atoms with van der Waals surface area (Å²) in [4.78, 5) is 4.17. The molecule has 0 aliphatic carbocycles. The van der Waals surface area contributed by atoms with E-state index in [1.807, 2.05) is 30.3 Å². The minimum absolute atomic E-state index is 0.0339. The lowest BCUT2D eigenvalue weighted by Gasteiger charge is -2.08. The van der Waals surface area contributed by atoms with Gasteiger partial charge in [0, 0.05) is 0 Å². The zero-order valence-electron chi connectivity index (χ0n) is 14.8. The fraction of sp³-hybridized carbons (Fsp3) is 0.278. The summed E-state index contributed by atoms with van der Waals surface area (Å²) >= 11 is 1.06. The topological polar surface area (TPSA) is 93.2 Å². The summed E-state index contributed by atoms with van der Waals surface area (Å²) in [6.07, 6.45) is 0.934. The van der Waals surface area contributed by atoms with Crippen molar-refractivity contribution in [1.29, 1.82) is 0 Å². The molecule has 1 aromatic heterocycles. The van der Waals surface area contributed by atoms with Crippen molar-refractivity contribution in [2.75, 3.05) is 16.2 Å². The average Bonchev–Trinajstić information content (AvgIpc) is 3.05. The molecule has 144 valence electrons. The maximum Gasteiger partial charge on any atom is 0.233 e. The molecule has 27 heavy (non-hydrogen) atoms. The maximum atomic E-state index is 12.3. The Kier molecular flexibility index (Phi) is 5.83. The van der Waals surface area contributed by atoms with E-state index in [4.69, 9.17) is 0 Å². The van der Waals surface area contributed by atoms with Crippen molar-refractivity contribution >= 4 is 47.1 Å². The third-order valence-corrected chi connectivity index (χ3v) is 8.57. The van der Waals surface area contributed by atoms with Crippen molar-refractivity contribution in [3.63, 3.8) is 0 Å². The lowest BCUT2D eigenvalue weighted by atomic mass is 10.2. The molecule has 0 fully saturated rings. The molecule has 0 radical (unpaired) electrons. The first-order valence-electron chi connectivity index (χ1n) is 8.47. The molecular formula is C18H20N2O4S3. The fourth-order valence-corrected chi connectivity index (χ4v) is 6.39. The van der Waals surface area contributed by atoms with Crippen LogP contribution < -0.4 is 4.72 Å². The molecule has 0 saturated carbocycles. The minimum Gasteiger partial charge on any atom is -0.283 e. The van der Waals surface area contributed by atoms with Crippen molar-refractivity contribution in [2.45, 2.75) is 24.1 Å². The summed E-state index contributed by atoms with van der Waals surface area (Å²) in [6.45, 7) is 1.80. The number of sulfonamides is 1. The predicted octanol–water partition coefficient (Wildman–Crippen LogP) is 3.46. The second-order valence-electron chi connectivity index (χ2n) is 6.14. The molecule has 0 unspecified atom stereocenters. The Morgan fingerprint density at radius 1 is 1.00 bits per heavy atom. The van der Waals surface area contributed by atoms with Gasteiger partial charge in [-0.3, -0.25) is 4.72 Å². The zero-order valence-corrected chi connectivity index (χ0v) is 17.2. The number of fused-ring (bicyclic) bond motifs is 1. The highest BCUT2D eigenvalue weighted by Crippen LogP contribution is 2.29. The first kappa shape index (κ1) is 19.8. The molecule has 0 aliphatic rings. The lowest BCUT2D eigenvalue weighted by Crippen LogP contribution is -2.18. The largest absolute Gasteiger partial charge is 0.283 e. The van der Waals surface area contributed by atoms with Gasteiger partial charge in [0.1, 0.15) is 0 Å². The molecule has 0 spiro atoms. The number of rotatable bonds is 8. The molecule has 0 bridgehead atoms. The molecule has 1 N–H and O–H groups in total. The third kappa shape index (κ3) is 5.06. The summed E-state index contributed by atoms with van der Waals surface area (Å²) in [7, 11) is -6.91. The van der Waals surface area contributed by atoms with E-state index in [1.165, 1.54) is 0 Å². The molecule has 0 saturated heterocycles. The van der Waals surface area contributed by atoms with Crippen molar-refractivity contribution in [2.24, 2.45) is 0 Å². The van der Waals surface area contributed by atoms with Gasteiger partial charge in [-0.15, -0.1) is 11.3 Å². The second-order valence-corrected chi connectivity index (χ2v) is 11.3. The number of aromatic nitrogens is 1. The van der Waals surface area contributed by atoms with Gasteiger partial charge in [-0.25, -0.2) is 21.8 Å². The van der Waals surface area contributed by atoms with Gasteiger partial charge < -0.3 is 0 Å². The number of sulfone groups is 1. The first-order chi connectivity index (χ1) is 12.8. The van der Waals surface area contributed by atoms with E-state index < -0.39 is 19.9 Å². The molecule has 0 aliphatic heterocycles. The average molecular weight is 425 g/mol. The van der Waals surface area contributed by atoms with Crippen LogP contribution in [-0.2, 0) is 26.3 Å². The van der Waals surface area contributed by atoms with Crippen LogP contribution in [0.2, 0.25) is 0 Å². The van der Waals surface area contributed by atoms with E-state index in [-0.39, 0.29) is 15.8 Å². The second kappa shape index (κ2) is 7.95. The highest BCUT2D eigenvalue weighted by Gasteiger charge is 2.19. The normalized spacial score (nSPS) is 12.3. The van der Waals surface area contributed by atoms with Crippen LogP contribution in [0.25, 0.3) is 10.2 Å². The summed E-state index contributed by atoms with van der Waals surface area (Å²) < 4.78 is 52.3. The Bertz CT molecular complexity index is 1140. The van der Waals surface area contributed by atoms with Crippen LogP contribution in [0.3, 0.4) is 0 Å². The smallest absolute Gasteiger partial charge is 0.233 e. The number of hydrogen-bond acceptors (Lipinski definition) is 6. The molecule has 6 nitrogen and oxygen atoms in total. The van der Waals surface area contributed by atoms with Crippen LogP contribution in [0, 0.1) is 0 Å². The van der Waals surface area contributed by atoms with E-state index in [0.717, 1.165) is 16.9 Å². The van der Waals surface area contributed by atoms with Gasteiger partial charge in [-0.1, -0.05) is 37.3 Å². The number of aryl methyl sites for hydroxylation is 1. The quantitative estimate of drug-likeness (QED) is 0.598. The summed E-state index contributed by atoms with van der Waals surface area (Å²) in [6, 6.07) is 14.3. The molecular weight excluding hydrogens is 404 g/mol. The van der Waals surface area contributed by atoms with Gasteiger partial charge in [0.15, 0.2) is 0 Å². The summed E-state index contributed by atoms with van der Waals surface area (Å²) in [5.74, 6) is 0.0136. The summed E-state index contributed by atoms with van der Waals surface area (Å²) in [5, 5.41) is 0. The predicted molar refractivity (Wildman–Crippen MR) is 110 cm³/mol. The van der Waals surface area contributed by atoms with Gasteiger partial charge in [-0.2, -0.15) is 0 Å². The molecule has 1 heterocycles. The van der Waals surface area contributed by atoms with Crippen LogP contribution in [0.1, 0.15) is 18.9 Å². The van der Waals surface area contributed by atoms with Gasteiger partial charge >= 0.3 is 0 Å². The van der Waals surface area contributed by atoms with Gasteiger partial charge in [0.05, 0.1) is 27.4 Å². The number of anilines is 1. The summed E-state index contributed by atoms with van der Waals surface area (Å²) in [5.41, 5.74) is 1.90. The Balaban J connectivity index is 1.76. The van der Waals surface area contributed by atoms with E-state index in [2.05, 4.69) is 9.71 Å². The third-order valence-electron chi connectivity index (χ3n) is 3.88. The highest BCUT2D eigenvalue weighted by molar-refractivity contribution is 7.93. The monoisotopic (exact) mass is 424 g/mol. The molecule has 9 heteroatoms. The Labute approximate surface area is 163 Å². The van der Waals surface area contributed by atoms with E-state index in [0.29, 0.717) is 28.7 Å². The standard InChI is InChI=1S/C18H20N2O4S3/c1-2-11-26(21,22)18-19-16-9-8-15(13-17(16)25-18)20-27(23,24)12-10-14-6-4-3-5-7-14/h3-9,13,20H,2,10-12H2,1H3. The number of thiazole rings is 1. The van der Waals surface area contributed by atoms with Gasteiger partial charge in [-0.05, 0) is 36.6 Å². The number of benzene rings is 2. The Hall–Kier alpha value is -1.97. The first-order valence-corrected chi connectivity index (χ1v) is 12.6. The molecule has 3 aromatic rings. The van der Waals surface area contributed by atoms with Crippen LogP contribution in [0.5, 0.6) is 0 Å². The lowest BCUT2D eigenvalue weighted by molar-refractivity contribution is 0.594. The van der Waals surface area contributed by atoms with Crippen molar-refractivity contribution in [3.05, 3.63) is 54.1 Å². The number of hydrogen-bond donors (Lipinski definition) is 1. The zero-order chi connectivity index (χ0) is 19.5. The SMILES string of the molecule is CCCS(=O)(=O)c1nc2ccc(NS(=O)(=O)CCc3ccccc3)cc2s1. The molecule has 2 aromatic carbocycles. The van der Waals surface area contributed by atoms with Gasteiger partial charge in [0.25, 0.3) is 0 Å². The Morgan fingerprint density at radius 2 is 1.74 bits per heavy atom. The Morgan fingerprint density at radius 3 is 2.44 bits per heavy atom. The maximum absolute atomic E-state index is 12.3. The molecule has 3 rings (SSSR count). The van der Waals surface area contributed by atoms with E-state index in [9.17, 15) is 16.8 Å². The fourth-order valence-electron chi connectivity index (χ4n) is 2.58. The van der Waals surface area contributed by atoms with Crippen molar-refractivity contribution in [1.82, 2.24) is 4.98 Å². The van der Waals surface area contributed by atoms with E-state index in [1.54, 1.807) is 25.1 Å². The number of nitrogens with one attached hydrogen (secondary N) is 1. The number of nitrogens with zero attached hydrogens (tertiary/aromatic N) is 1. The van der Waals surface area contributed by atoms with Crippen LogP contribution in [0.15, 0.2) is 52.9 Å². The highest BCUT2D eigenvalue weighted by atomic mass is 32.2. The van der Waals surface area contributed by atoms with Crippen LogP contribution in [-0.4, -0.2) is 33.3 Å². The van der Waals surface area contributed by atoms with Crippen molar-refractivity contribution < 1.29 is 16.8 Å².